The van der Waals surface area contributed by atoms with Gasteiger partial charge in [-0.15, -0.1) is 13.2 Å². The first kappa shape index (κ1) is 22.7. The first-order chi connectivity index (χ1) is 12.5. The highest BCUT2D eigenvalue weighted by atomic mass is 31.2. The van der Waals surface area contributed by atoms with Crippen LogP contribution in [0.4, 0.5) is 0 Å². The fraction of sp³-hybridized carbons (Fsp3) is 0.444. The number of ether oxygens (including phenoxy) is 2. The molecule has 146 valence electrons. The van der Waals surface area contributed by atoms with E-state index in [1.165, 1.54) is 0 Å². The minimum Gasteiger partial charge on any atom is -0.388 e. The fourth-order valence-electron chi connectivity index (χ4n) is 1.84. The second kappa shape index (κ2) is 12.9. The van der Waals surface area contributed by atoms with Crippen molar-refractivity contribution in [2.24, 2.45) is 0 Å². The zero-order valence-corrected chi connectivity index (χ0v) is 15.6. The van der Waals surface area contributed by atoms with Gasteiger partial charge in [0, 0.05) is 0 Å². The van der Waals surface area contributed by atoms with E-state index in [4.69, 9.17) is 18.5 Å². The maximum absolute atomic E-state index is 13.1. The molecule has 0 saturated carbocycles. The van der Waals surface area contributed by atoms with E-state index in [0.717, 1.165) is 0 Å². The van der Waals surface area contributed by atoms with Crippen LogP contribution in [0.2, 0.25) is 0 Å². The molecule has 0 aliphatic rings. The summed E-state index contributed by atoms with van der Waals surface area (Å²) in [4.78, 5) is 0. The van der Waals surface area contributed by atoms with Crippen molar-refractivity contribution in [3.63, 3.8) is 0 Å². The summed E-state index contributed by atoms with van der Waals surface area (Å²) < 4.78 is 34.1. The van der Waals surface area contributed by atoms with Crippen LogP contribution < -0.4 is 5.30 Å². The van der Waals surface area contributed by atoms with Crippen LogP contribution in [-0.4, -0.2) is 62.1 Å². The van der Waals surface area contributed by atoms with Gasteiger partial charge in [-0.1, -0.05) is 30.4 Å². The molecule has 0 bridgehead atoms. The van der Waals surface area contributed by atoms with E-state index in [-0.39, 0.29) is 26.4 Å². The molecular weight excluding hydrogens is 359 g/mol. The summed E-state index contributed by atoms with van der Waals surface area (Å²) in [6.07, 6.45) is 1.16. The van der Waals surface area contributed by atoms with Crippen LogP contribution >= 0.6 is 7.60 Å². The Morgan fingerprint density at radius 3 is 1.77 bits per heavy atom. The Labute approximate surface area is 154 Å². The van der Waals surface area contributed by atoms with Crippen molar-refractivity contribution in [3.8, 4) is 0 Å². The number of aliphatic hydroxyl groups is 2. The predicted octanol–water partition coefficient (Wildman–Crippen LogP) is 1.67. The molecule has 0 fully saturated rings. The third-order valence-electron chi connectivity index (χ3n) is 3.04. The highest BCUT2D eigenvalue weighted by Crippen LogP contribution is 2.47. The molecule has 1 rings (SSSR count). The third-order valence-corrected chi connectivity index (χ3v) is 4.95. The lowest BCUT2D eigenvalue weighted by atomic mass is 10.4. The van der Waals surface area contributed by atoms with Crippen molar-refractivity contribution in [2.75, 3.05) is 39.6 Å². The summed E-state index contributed by atoms with van der Waals surface area (Å²) in [5, 5.41) is 20.1. The van der Waals surface area contributed by atoms with Gasteiger partial charge in [-0.05, 0) is 12.1 Å². The minimum atomic E-state index is -3.73. The number of aliphatic hydroxyl groups excluding tert-OH is 2. The van der Waals surface area contributed by atoms with Gasteiger partial charge in [0.15, 0.2) is 0 Å². The molecule has 0 aliphatic carbocycles. The van der Waals surface area contributed by atoms with Crippen molar-refractivity contribution < 1.29 is 33.3 Å². The molecule has 1 aromatic rings. The van der Waals surface area contributed by atoms with Gasteiger partial charge in [0.2, 0.25) is 0 Å². The van der Waals surface area contributed by atoms with E-state index < -0.39 is 19.8 Å². The lowest BCUT2D eigenvalue weighted by Crippen LogP contribution is -2.26. The molecule has 8 heteroatoms. The summed E-state index contributed by atoms with van der Waals surface area (Å²) in [5.74, 6) is 0. The highest BCUT2D eigenvalue weighted by Gasteiger charge is 2.29. The standard InChI is InChI=1S/C18H27O7P/c1-3-10-22-12-16(19)14-24-26(21,18-8-6-5-7-9-18)25-15-17(20)13-23-11-4-2/h3-9,16-17,19-20H,1-2,10-15H2. The molecule has 2 unspecified atom stereocenters. The van der Waals surface area contributed by atoms with E-state index in [9.17, 15) is 14.8 Å². The van der Waals surface area contributed by atoms with E-state index in [1.807, 2.05) is 0 Å². The van der Waals surface area contributed by atoms with Crippen LogP contribution in [0.3, 0.4) is 0 Å². The van der Waals surface area contributed by atoms with Crippen LogP contribution in [0.15, 0.2) is 55.6 Å². The molecule has 0 aliphatic heterocycles. The summed E-state index contributed by atoms with van der Waals surface area (Å²) >= 11 is 0. The molecular formula is C18H27O7P. The zero-order chi connectivity index (χ0) is 19.3. The highest BCUT2D eigenvalue weighted by molar-refractivity contribution is 7.62. The molecule has 26 heavy (non-hydrogen) atoms. The SMILES string of the molecule is C=CCOCC(O)COP(=O)(OCC(O)COCC=C)c1ccccc1. The first-order valence-corrected chi connectivity index (χ1v) is 9.74. The molecule has 1 aromatic carbocycles. The molecule has 0 heterocycles. The summed E-state index contributed by atoms with van der Waals surface area (Å²) in [6, 6.07) is 8.36. The topological polar surface area (TPSA) is 94.5 Å². The number of hydrogen-bond donors (Lipinski definition) is 2. The predicted molar refractivity (Wildman–Crippen MR) is 99.6 cm³/mol. The lowest BCUT2D eigenvalue weighted by molar-refractivity contribution is 0.00509. The zero-order valence-electron chi connectivity index (χ0n) is 14.7. The van der Waals surface area contributed by atoms with Gasteiger partial charge in [0.05, 0.1) is 44.9 Å². The number of hydrogen-bond acceptors (Lipinski definition) is 7. The number of benzene rings is 1. The molecule has 0 saturated heterocycles. The van der Waals surface area contributed by atoms with Gasteiger partial charge in [-0.2, -0.15) is 0 Å². The average Bonchev–Trinajstić information content (AvgIpc) is 2.66. The number of rotatable bonds is 15. The quantitative estimate of drug-likeness (QED) is 0.269. The first-order valence-electron chi connectivity index (χ1n) is 8.20. The van der Waals surface area contributed by atoms with Gasteiger partial charge < -0.3 is 28.7 Å². The average molecular weight is 386 g/mol. The Hall–Kier alpha value is -1.31. The Morgan fingerprint density at radius 1 is 0.885 bits per heavy atom. The van der Waals surface area contributed by atoms with Crippen LogP contribution in [-0.2, 0) is 23.1 Å². The smallest absolute Gasteiger partial charge is 0.361 e. The van der Waals surface area contributed by atoms with Crippen LogP contribution in [0.1, 0.15) is 0 Å². The van der Waals surface area contributed by atoms with E-state index in [1.54, 1.807) is 42.5 Å². The van der Waals surface area contributed by atoms with Gasteiger partial charge in [-0.3, -0.25) is 4.57 Å². The maximum atomic E-state index is 13.1. The Bertz CT molecular complexity index is 536. The second-order valence-corrected chi connectivity index (χ2v) is 7.41. The molecule has 0 aromatic heterocycles. The Kier molecular flexibility index (Phi) is 11.3. The normalized spacial score (nSPS) is 15.8. The van der Waals surface area contributed by atoms with Crippen molar-refractivity contribution >= 4 is 12.9 Å². The molecule has 7 nitrogen and oxygen atoms in total. The van der Waals surface area contributed by atoms with Crippen molar-refractivity contribution in [1.29, 1.82) is 0 Å². The summed E-state index contributed by atoms with van der Waals surface area (Å²) in [7, 11) is -3.73. The van der Waals surface area contributed by atoms with Crippen LogP contribution in [0, 0.1) is 0 Å². The molecule has 2 atom stereocenters. The summed E-state index contributed by atoms with van der Waals surface area (Å²) in [5.41, 5.74) is 0. The summed E-state index contributed by atoms with van der Waals surface area (Å²) in [6.45, 7) is 7.14. The Morgan fingerprint density at radius 2 is 1.35 bits per heavy atom. The molecule has 0 amide bonds. The van der Waals surface area contributed by atoms with E-state index >= 15 is 0 Å². The van der Waals surface area contributed by atoms with E-state index in [2.05, 4.69) is 13.2 Å². The molecule has 0 radical (unpaired) electrons. The van der Waals surface area contributed by atoms with Gasteiger partial charge >= 0.3 is 7.60 Å². The van der Waals surface area contributed by atoms with Gasteiger partial charge in [0.25, 0.3) is 0 Å². The lowest BCUT2D eigenvalue weighted by Gasteiger charge is -2.22. The van der Waals surface area contributed by atoms with Gasteiger partial charge in [0.1, 0.15) is 12.2 Å². The van der Waals surface area contributed by atoms with Crippen molar-refractivity contribution in [1.82, 2.24) is 0 Å². The second-order valence-electron chi connectivity index (χ2n) is 5.38. The van der Waals surface area contributed by atoms with Crippen LogP contribution in [0.25, 0.3) is 0 Å². The van der Waals surface area contributed by atoms with E-state index in [0.29, 0.717) is 18.5 Å². The van der Waals surface area contributed by atoms with Crippen molar-refractivity contribution in [3.05, 3.63) is 55.6 Å². The molecule has 0 spiro atoms. The monoisotopic (exact) mass is 386 g/mol. The maximum Gasteiger partial charge on any atom is 0.361 e. The van der Waals surface area contributed by atoms with Crippen LogP contribution in [0.5, 0.6) is 0 Å². The van der Waals surface area contributed by atoms with Gasteiger partial charge in [-0.25, -0.2) is 0 Å². The largest absolute Gasteiger partial charge is 0.388 e. The fourth-order valence-corrected chi connectivity index (χ4v) is 3.48. The Balaban J connectivity index is 2.64. The molecule has 2 N–H and O–H groups in total. The minimum absolute atomic E-state index is 0.0127. The van der Waals surface area contributed by atoms with Crippen molar-refractivity contribution in [2.45, 2.75) is 12.2 Å². The third kappa shape index (κ3) is 8.87.